The summed E-state index contributed by atoms with van der Waals surface area (Å²) in [5.41, 5.74) is -1.03. The van der Waals surface area contributed by atoms with Crippen LogP contribution in [0.4, 0.5) is 0 Å². The van der Waals surface area contributed by atoms with E-state index in [-0.39, 0.29) is 17.1 Å². The third-order valence-corrected chi connectivity index (χ3v) is 7.26. The number of hydrogen-bond acceptors (Lipinski definition) is 13. The van der Waals surface area contributed by atoms with Crippen LogP contribution >= 0.6 is 0 Å². The summed E-state index contributed by atoms with van der Waals surface area (Å²) in [6.07, 6.45) is -7.19. The molecule has 3 aliphatic heterocycles. The van der Waals surface area contributed by atoms with Crippen molar-refractivity contribution in [2.45, 2.75) is 54.8 Å². The first-order chi connectivity index (χ1) is 17.2. The quantitative estimate of drug-likeness (QED) is 0.173. The normalized spacial score (nSPS) is 42.7. The fourth-order valence-electron chi connectivity index (χ4n) is 5.28. The molecule has 0 unspecified atom stereocenters. The third-order valence-electron chi connectivity index (χ3n) is 7.26. The van der Waals surface area contributed by atoms with Gasteiger partial charge >= 0.3 is 5.97 Å². The molecule has 0 radical (unpaired) electrons. The van der Waals surface area contributed by atoms with Crippen molar-refractivity contribution in [1.29, 1.82) is 0 Å². The van der Waals surface area contributed by atoms with Crippen molar-refractivity contribution in [3.63, 3.8) is 0 Å². The van der Waals surface area contributed by atoms with Gasteiger partial charge in [0.2, 0.25) is 6.29 Å². The molecule has 4 aliphatic rings. The summed E-state index contributed by atoms with van der Waals surface area (Å²) in [5, 5.41) is 59.8. The first-order valence-electron chi connectivity index (χ1n) is 11.4. The average molecular weight is 512 g/mol. The predicted octanol–water partition coefficient (Wildman–Crippen LogP) is -2.01. The maximum Gasteiger partial charge on any atom is 0.338 e. The lowest BCUT2D eigenvalue weighted by atomic mass is 9.85. The van der Waals surface area contributed by atoms with Gasteiger partial charge < -0.3 is 59.1 Å². The van der Waals surface area contributed by atoms with E-state index in [0.29, 0.717) is 0 Å². The molecule has 2 saturated heterocycles. The number of aliphatic hydroxyl groups is 5. The number of rotatable bonds is 7. The predicted molar refractivity (Wildman–Crippen MR) is 114 cm³/mol. The topological polar surface area (TPSA) is 197 Å². The van der Waals surface area contributed by atoms with Crippen molar-refractivity contribution in [2.24, 2.45) is 11.8 Å². The minimum atomic E-state index is -1.66. The van der Waals surface area contributed by atoms with Gasteiger partial charge in [0.05, 0.1) is 38.1 Å². The monoisotopic (exact) mass is 512 g/mol. The molecular formula is C23H28O13. The Balaban J connectivity index is 1.35. The number of benzene rings is 1. The molecule has 13 nitrogen and oxygen atoms in total. The van der Waals surface area contributed by atoms with Crippen LogP contribution in [0.1, 0.15) is 10.4 Å². The van der Waals surface area contributed by atoms with Crippen molar-refractivity contribution in [1.82, 2.24) is 0 Å². The van der Waals surface area contributed by atoms with Crippen LogP contribution in [0.25, 0.3) is 0 Å². The lowest BCUT2D eigenvalue weighted by molar-refractivity contribution is -0.344. The maximum atomic E-state index is 12.9. The second-order valence-electron chi connectivity index (χ2n) is 9.18. The molecule has 1 aromatic carbocycles. The number of phenolic OH excluding ortho intramolecular Hbond substituents is 1. The molecule has 0 amide bonds. The SMILES string of the molecule is COc1cc(C(=O)O[C@H]2[C@@H]3C=CO[C@@H](O[C@@H]4O[C@H](CO)[C@@H](O)[C@H](O)[C@@H]4O)[C@@H]3[C@]3(CO)O[C@@H]23)ccc1O. The number of ether oxygens (including phenoxy) is 6. The van der Waals surface area contributed by atoms with Gasteiger partial charge in [0.15, 0.2) is 17.8 Å². The number of fused-ring (bicyclic) bond motifs is 3. The van der Waals surface area contributed by atoms with Gasteiger partial charge in [0, 0.05) is 5.92 Å². The lowest BCUT2D eigenvalue weighted by Crippen LogP contribution is -2.60. The fourth-order valence-corrected chi connectivity index (χ4v) is 5.28. The molecule has 3 heterocycles. The Morgan fingerprint density at radius 3 is 2.58 bits per heavy atom. The Morgan fingerprint density at radius 1 is 1.11 bits per heavy atom. The zero-order chi connectivity index (χ0) is 25.8. The van der Waals surface area contributed by atoms with Gasteiger partial charge in [-0.15, -0.1) is 0 Å². The van der Waals surface area contributed by atoms with E-state index in [1.807, 2.05) is 0 Å². The number of carbonyl (C=O) groups excluding carboxylic acids is 1. The van der Waals surface area contributed by atoms with E-state index in [0.717, 1.165) is 0 Å². The summed E-state index contributed by atoms with van der Waals surface area (Å²) in [5.74, 6) is -1.95. The minimum Gasteiger partial charge on any atom is -0.504 e. The number of phenols is 1. The van der Waals surface area contributed by atoms with Gasteiger partial charge in [-0.3, -0.25) is 0 Å². The van der Waals surface area contributed by atoms with Crippen LogP contribution in [0.5, 0.6) is 11.5 Å². The fraction of sp³-hybridized carbons (Fsp3) is 0.609. The van der Waals surface area contributed by atoms with Gasteiger partial charge in [-0.05, 0) is 24.3 Å². The number of methoxy groups -OCH3 is 1. The van der Waals surface area contributed by atoms with E-state index in [2.05, 4.69) is 0 Å². The molecule has 1 aromatic rings. The summed E-state index contributed by atoms with van der Waals surface area (Å²) in [6.45, 7) is -1.07. The Morgan fingerprint density at radius 2 is 1.89 bits per heavy atom. The van der Waals surface area contributed by atoms with Crippen LogP contribution < -0.4 is 4.74 Å². The zero-order valence-electron chi connectivity index (χ0n) is 19.1. The van der Waals surface area contributed by atoms with E-state index in [1.165, 1.54) is 31.6 Å². The number of aliphatic hydroxyl groups excluding tert-OH is 5. The molecule has 13 heteroatoms. The zero-order valence-corrected chi connectivity index (χ0v) is 19.1. The molecular weight excluding hydrogens is 484 g/mol. The molecule has 0 bridgehead atoms. The molecule has 6 N–H and O–H groups in total. The van der Waals surface area contributed by atoms with Gasteiger partial charge in [-0.1, -0.05) is 0 Å². The molecule has 5 rings (SSSR count). The second kappa shape index (κ2) is 9.43. The van der Waals surface area contributed by atoms with Crippen molar-refractivity contribution < 1.29 is 63.9 Å². The van der Waals surface area contributed by atoms with Crippen molar-refractivity contribution in [3.8, 4) is 11.5 Å². The summed E-state index contributed by atoms with van der Waals surface area (Å²) < 4.78 is 33.4. The highest BCUT2D eigenvalue weighted by Crippen LogP contribution is 2.60. The first-order valence-corrected chi connectivity index (χ1v) is 11.4. The Hall–Kier alpha value is -2.49. The molecule has 1 saturated carbocycles. The Bertz CT molecular complexity index is 1010. The van der Waals surface area contributed by atoms with Gasteiger partial charge in [-0.25, -0.2) is 4.79 Å². The summed E-state index contributed by atoms with van der Waals surface area (Å²) in [7, 11) is 1.35. The minimum absolute atomic E-state index is 0.0973. The molecule has 1 aliphatic carbocycles. The molecule has 198 valence electrons. The van der Waals surface area contributed by atoms with Gasteiger partial charge in [0.25, 0.3) is 0 Å². The van der Waals surface area contributed by atoms with Crippen molar-refractivity contribution in [2.75, 3.05) is 20.3 Å². The Kier molecular flexibility index (Phi) is 6.59. The second-order valence-corrected chi connectivity index (χ2v) is 9.18. The number of epoxide rings is 1. The molecule has 0 spiro atoms. The summed E-state index contributed by atoms with van der Waals surface area (Å²) in [4.78, 5) is 12.9. The van der Waals surface area contributed by atoms with Crippen molar-refractivity contribution >= 4 is 5.97 Å². The van der Waals surface area contributed by atoms with E-state index >= 15 is 0 Å². The third kappa shape index (κ3) is 3.92. The van der Waals surface area contributed by atoms with Crippen LogP contribution in [-0.2, 0) is 23.7 Å². The highest BCUT2D eigenvalue weighted by molar-refractivity contribution is 5.90. The first kappa shape index (κ1) is 25.2. The number of esters is 1. The smallest absolute Gasteiger partial charge is 0.338 e. The molecule has 11 atom stereocenters. The standard InChI is InChI=1S/C23H28O13/c1-31-12-6-9(2-3-11(12)26)20(30)34-18-10-4-5-32-21(14(10)23(8-25)19(18)36-23)35-22-17(29)16(28)15(27)13(7-24)33-22/h2-6,10,13-19,21-22,24-29H,7-8H2,1H3/t10-,13-,14-,15-,16+,17+,18+,19+,21+,22+,23+/m1/s1. The van der Waals surface area contributed by atoms with Crippen LogP contribution in [0.3, 0.4) is 0 Å². The summed E-state index contributed by atoms with van der Waals surface area (Å²) >= 11 is 0. The van der Waals surface area contributed by atoms with Crippen molar-refractivity contribution in [3.05, 3.63) is 36.1 Å². The van der Waals surface area contributed by atoms with E-state index in [1.54, 1.807) is 6.08 Å². The van der Waals surface area contributed by atoms with Gasteiger partial charge in [-0.2, -0.15) is 0 Å². The highest BCUT2D eigenvalue weighted by atomic mass is 16.8. The molecule has 3 fully saturated rings. The number of hydrogen-bond donors (Lipinski definition) is 6. The van der Waals surface area contributed by atoms with Crippen LogP contribution in [-0.4, -0.2) is 112 Å². The van der Waals surface area contributed by atoms with E-state index < -0.39 is 85.8 Å². The average Bonchev–Trinajstić information content (AvgIpc) is 3.56. The molecule has 36 heavy (non-hydrogen) atoms. The van der Waals surface area contributed by atoms with E-state index in [9.17, 15) is 35.4 Å². The highest BCUT2D eigenvalue weighted by Gasteiger charge is 2.77. The molecule has 0 aromatic heterocycles. The Labute approximate surface area is 205 Å². The lowest BCUT2D eigenvalue weighted by Gasteiger charge is -2.43. The number of aromatic hydroxyl groups is 1. The maximum absolute atomic E-state index is 12.9. The number of carbonyl (C=O) groups is 1. The summed E-state index contributed by atoms with van der Waals surface area (Å²) in [6, 6.07) is 4.02. The van der Waals surface area contributed by atoms with Crippen LogP contribution in [0.2, 0.25) is 0 Å². The largest absolute Gasteiger partial charge is 0.504 e. The van der Waals surface area contributed by atoms with Gasteiger partial charge in [0.1, 0.15) is 42.2 Å². The van der Waals surface area contributed by atoms with E-state index in [4.69, 9.17) is 28.4 Å². The van der Waals surface area contributed by atoms with Crippen LogP contribution in [0, 0.1) is 11.8 Å². The van der Waals surface area contributed by atoms with Crippen LogP contribution in [0.15, 0.2) is 30.5 Å².